The summed E-state index contributed by atoms with van der Waals surface area (Å²) in [6.07, 6.45) is 0. The molecular weight excluding hydrogens is 238 g/mol. The predicted octanol–water partition coefficient (Wildman–Crippen LogP) is 2.63. The molecular formula is C15H23N3O. The molecule has 2 rings (SSSR count). The van der Waals surface area contributed by atoms with Crippen molar-refractivity contribution in [2.75, 3.05) is 13.6 Å². The quantitative estimate of drug-likeness (QED) is 0.868. The van der Waals surface area contributed by atoms with E-state index in [0.29, 0.717) is 24.3 Å². The highest BCUT2D eigenvalue weighted by atomic mass is 16.3. The largest absolute Gasteiger partial charge is 0.441 e. The normalized spacial score (nSPS) is 15.1. The second kappa shape index (κ2) is 5.72. The number of rotatable bonds is 5. The number of hydrogen-bond acceptors (Lipinski definition) is 4. The number of hydrogen-bond donors (Lipinski definition) is 2. The average molecular weight is 261 g/mol. The average Bonchev–Trinajstić information content (AvgIpc) is 2.74. The minimum Gasteiger partial charge on any atom is -0.441 e. The number of aromatic nitrogens is 1. The SMILES string of the molecule is CNC(c1ccc2oc(C)nc2c1)C(CN)C(C)C. The number of nitrogens with one attached hydrogen (secondary N) is 1. The third-order valence-corrected chi connectivity index (χ3v) is 3.75. The summed E-state index contributed by atoms with van der Waals surface area (Å²) in [5, 5.41) is 3.38. The molecule has 1 aromatic carbocycles. The molecule has 19 heavy (non-hydrogen) atoms. The van der Waals surface area contributed by atoms with Crippen LogP contribution in [-0.4, -0.2) is 18.6 Å². The second-order valence-electron chi connectivity index (χ2n) is 5.37. The Hall–Kier alpha value is -1.39. The molecule has 0 fully saturated rings. The van der Waals surface area contributed by atoms with Crippen LogP contribution < -0.4 is 11.1 Å². The summed E-state index contributed by atoms with van der Waals surface area (Å²) in [7, 11) is 1.98. The van der Waals surface area contributed by atoms with Gasteiger partial charge in [-0.15, -0.1) is 0 Å². The summed E-state index contributed by atoms with van der Waals surface area (Å²) >= 11 is 0. The van der Waals surface area contributed by atoms with E-state index in [2.05, 4.69) is 36.3 Å². The highest BCUT2D eigenvalue weighted by molar-refractivity contribution is 5.73. The fourth-order valence-electron chi connectivity index (χ4n) is 2.67. The fraction of sp³-hybridized carbons (Fsp3) is 0.533. The molecule has 0 bridgehead atoms. The van der Waals surface area contributed by atoms with Crippen molar-refractivity contribution < 1.29 is 4.42 Å². The van der Waals surface area contributed by atoms with Crippen molar-refractivity contribution in [1.29, 1.82) is 0 Å². The Balaban J connectivity index is 2.39. The second-order valence-corrected chi connectivity index (χ2v) is 5.37. The van der Waals surface area contributed by atoms with Crippen LogP contribution in [0.15, 0.2) is 22.6 Å². The predicted molar refractivity (Wildman–Crippen MR) is 77.9 cm³/mol. The van der Waals surface area contributed by atoms with Gasteiger partial charge in [0, 0.05) is 13.0 Å². The molecule has 0 saturated heterocycles. The summed E-state index contributed by atoms with van der Waals surface area (Å²) < 4.78 is 5.51. The topological polar surface area (TPSA) is 64.1 Å². The highest BCUT2D eigenvalue weighted by Gasteiger charge is 2.24. The molecule has 3 N–H and O–H groups in total. The lowest BCUT2D eigenvalue weighted by Crippen LogP contribution is -2.33. The molecule has 0 aliphatic heterocycles. The van der Waals surface area contributed by atoms with E-state index >= 15 is 0 Å². The summed E-state index contributed by atoms with van der Waals surface area (Å²) in [5.41, 5.74) is 8.90. The zero-order chi connectivity index (χ0) is 14.0. The van der Waals surface area contributed by atoms with E-state index in [1.165, 1.54) is 5.56 Å². The van der Waals surface area contributed by atoms with Gasteiger partial charge in [-0.25, -0.2) is 4.98 Å². The molecule has 104 valence electrons. The molecule has 0 aliphatic carbocycles. The zero-order valence-electron chi connectivity index (χ0n) is 12.1. The van der Waals surface area contributed by atoms with E-state index in [4.69, 9.17) is 10.2 Å². The van der Waals surface area contributed by atoms with Crippen molar-refractivity contribution in [3.8, 4) is 0 Å². The molecule has 4 heteroatoms. The Morgan fingerprint density at radius 1 is 1.37 bits per heavy atom. The first-order valence-corrected chi connectivity index (χ1v) is 6.81. The number of aryl methyl sites for hydroxylation is 1. The van der Waals surface area contributed by atoms with Gasteiger partial charge in [0.15, 0.2) is 11.5 Å². The molecule has 0 saturated carbocycles. The molecule has 2 aromatic rings. The summed E-state index contributed by atoms with van der Waals surface area (Å²) in [6, 6.07) is 6.42. The molecule has 1 aromatic heterocycles. The molecule has 2 atom stereocenters. The van der Waals surface area contributed by atoms with E-state index in [9.17, 15) is 0 Å². The van der Waals surface area contributed by atoms with E-state index in [1.54, 1.807) is 0 Å². The smallest absolute Gasteiger partial charge is 0.192 e. The standard InChI is InChI=1S/C15H23N3O/c1-9(2)12(8-16)15(17-4)11-5-6-14-13(7-11)18-10(3)19-14/h5-7,9,12,15,17H,8,16H2,1-4H3. The van der Waals surface area contributed by atoms with Crippen LogP contribution in [0.1, 0.15) is 31.3 Å². The monoisotopic (exact) mass is 261 g/mol. The molecule has 2 unspecified atom stereocenters. The maximum absolute atomic E-state index is 5.93. The maximum Gasteiger partial charge on any atom is 0.192 e. The lowest BCUT2D eigenvalue weighted by atomic mass is 9.84. The Bertz CT molecular complexity index is 547. The molecule has 1 heterocycles. The zero-order valence-corrected chi connectivity index (χ0v) is 12.1. The first-order valence-electron chi connectivity index (χ1n) is 6.81. The van der Waals surface area contributed by atoms with Crippen molar-refractivity contribution in [2.24, 2.45) is 17.6 Å². The van der Waals surface area contributed by atoms with Gasteiger partial charge in [0.25, 0.3) is 0 Å². The van der Waals surface area contributed by atoms with Crippen LogP contribution in [0.25, 0.3) is 11.1 Å². The van der Waals surface area contributed by atoms with E-state index in [1.807, 2.05) is 20.0 Å². The Kier molecular flexibility index (Phi) is 4.22. The van der Waals surface area contributed by atoms with Gasteiger partial charge >= 0.3 is 0 Å². The minimum atomic E-state index is 0.242. The van der Waals surface area contributed by atoms with Crippen molar-refractivity contribution in [3.05, 3.63) is 29.7 Å². The van der Waals surface area contributed by atoms with Crippen LogP contribution >= 0.6 is 0 Å². The lowest BCUT2D eigenvalue weighted by Gasteiger charge is -2.29. The fourth-order valence-corrected chi connectivity index (χ4v) is 2.67. The number of fused-ring (bicyclic) bond motifs is 1. The third-order valence-electron chi connectivity index (χ3n) is 3.75. The van der Waals surface area contributed by atoms with Gasteiger partial charge in [-0.3, -0.25) is 0 Å². The number of benzene rings is 1. The van der Waals surface area contributed by atoms with Crippen molar-refractivity contribution in [1.82, 2.24) is 10.3 Å². The maximum atomic E-state index is 5.93. The van der Waals surface area contributed by atoms with E-state index < -0.39 is 0 Å². The van der Waals surface area contributed by atoms with Gasteiger partial charge in [0.05, 0.1) is 0 Å². The van der Waals surface area contributed by atoms with E-state index in [-0.39, 0.29) is 6.04 Å². The van der Waals surface area contributed by atoms with Crippen LogP contribution in [-0.2, 0) is 0 Å². The molecule has 4 nitrogen and oxygen atoms in total. The number of oxazole rings is 1. The van der Waals surface area contributed by atoms with Crippen molar-refractivity contribution >= 4 is 11.1 Å². The van der Waals surface area contributed by atoms with Gasteiger partial charge in [0.1, 0.15) is 5.52 Å². The van der Waals surface area contributed by atoms with Crippen LogP contribution in [0, 0.1) is 18.8 Å². The Morgan fingerprint density at radius 3 is 2.68 bits per heavy atom. The van der Waals surface area contributed by atoms with Gasteiger partial charge in [-0.2, -0.15) is 0 Å². The van der Waals surface area contributed by atoms with E-state index in [0.717, 1.165) is 11.1 Å². The molecule has 0 radical (unpaired) electrons. The number of nitrogens with zero attached hydrogens (tertiary/aromatic N) is 1. The molecule has 0 spiro atoms. The summed E-state index contributed by atoms with van der Waals surface area (Å²) in [4.78, 5) is 4.39. The Morgan fingerprint density at radius 2 is 2.11 bits per heavy atom. The van der Waals surface area contributed by atoms with Crippen molar-refractivity contribution in [3.63, 3.8) is 0 Å². The first kappa shape index (κ1) is 14.0. The third kappa shape index (κ3) is 2.80. The van der Waals surface area contributed by atoms with Crippen LogP contribution in [0.5, 0.6) is 0 Å². The van der Waals surface area contributed by atoms with Crippen LogP contribution in [0.4, 0.5) is 0 Å². The van der Waals surface area contributed by atoms with Crippen LogP contribution in [0.3, 0.4) is 0 Å². The molecule has 0 amide bonds. The minimum absolute atomic E-state index is 0.242. The number of nitrogens with two attached hydrogens (primary N) is 1. The van der Waals surface area contributed by atoms with Gasteiger partial charge < -0.3 is 15.5 Å². The summed E-state index contributed by atoms with van der Waals surface area (Å²) in [6.45, 7) is 6.95. The molecule has 0 aliphatic rings. The van der Waals surface area contributed by atoms with Crippen molar-refractivity contribution in [2.45, 2.75) is 26.8 Å². The first-order chi connectivity index (χ1) is 9.06. The summed E-state index contributed by atoms with van der Waals surface area (Å²) in [5.74, 6) is 1.63. The van der Waals surface area contributed by atoms with Gasteiger partial charge in [-0.05, 0) is 43.1 Å². The van der Waals surface area contributed by atoms with Gasteiger partial charge in [-0.1, -0.05) is 19.9 Å². The van der Waals surface area contributed by atoms with Crippen LogP contribution in [0.2, 0.25) is 0 Å². The Labute approximate surface area is 114 Å². The highest BCUT2D eigenvalue weighted by Crippen LogP contribution is 2.29. The van der Waals surface area contributed by atoms with Gasteiger partial charge in [0.2, 0.25) is 0 Å². The lowest BCUT2D eigenvalue weighted by molar-refractivity contribution is 0.299.